The van der Waals surface area contributed by atoms with Gasteiger partial charge in [0, 0.05) is 43.7 Å². The molecule has 22 heavy (non-hydrogen) atoms. The summed E-state index contributed by atoms with van der Waals surface area (Å²) in [6.07, 6.45) is 2.84. The Balaban J connectivity index is 1.69. The maximum atomic E-state index is 5.79. The number of ether oxygens (including phenoxy) is 2. The lowest BCUT2D eigenvalue weighted by molar-refractivity contribution is -0.169. The average Bonchev–Trinajstić information content (AvgIpc) is 2.95. The summed E-state index contributed by atoms with van der Waals surface area (Å²) in [5.74, 6) is 1.38. The first kappa shape index (κ1) is 15.5. The third kappa shape index (κ3) is 3.33. The Morgan fingerprint density at radius 1 is 1.27 bits per heavy atom. The summed E-state index contributed by atoms with van der Waals surface area (Å²) in [6, 6.07) is 2.43. The van der Waals surface area contributed by atoms with E-state index in [1.807, 2.05) is 6.92 Å². The highest BCUT2D eigenvalue weighted by Crippen LogP contribution is 2.33. The largest absolute Gasteiger partial charge is 0.356 e. The molecule has 0 saturated carbocycles. The van der Waals surface area contributed by atoms with E-state index in [-0.39, 0.29) is 5.79 Å². The second-order valence-corrected chi connectivity index (χ2v) is 6.24. The summed E-state index contributed by atoms with van der Waals surface area (Å²) < 4.78 is 11.6. The van der Waals surface area contributed by atoms with Crippen LogP contribution >= 0.6 is 0 Å². The predicted octanol–water partition coefficient (Wildman–Crippen LogP) is 2.34. The van der Waals surface area contributed by atoms with Gasteiger partial charge in [0.25, 0.3) is 0 Å². The molecule has 2 fully saturated rings. The summed E-state index contributed by atoms with van der Waals surface area (Å²) in [6.45, 7) is 9.55. The van der Waals surface area contributed by atoms with Crippen molar-refractivity contribution in [1.29, 1.82) is 0 Å². The van der Waals surface area contributed by atoms with Crippen LogP contribution < -0.4 is 10.2 Å². The average molecular weight is 306 g/mol. The van der Waals surface area contributed by atoms with Crippen LogP contribution in [-0.4, -0.2) is 48.1 Å². The molecule has 2 aliphatic heterocycles. The van der Waals surface area contributed by atoms with E-state index < -0.39 is 0 Å². The number of hydrogen-bond acceptors (Lipinski definition) is 6. The van der Waals surface area contributed by atoms with Crippen LogP contribution in [0.5, 0.6) is 0 Å². The van der Waals surface area contributed by atoms with Gasteiger partial charge in [0.05, 0.1) is 13.2 Å². The van der Waals surface area contributed by atoms with Crippen molar-refractivity contribution >= 4 is 11.8 Å². The van der Waals surface area contributed by atoms with Crippen molar-refractivity contribution in [2.75, 3.05) is 36.5 Å². The van der Waals surface area contributed by atoms with Crippen molar-refractivity contribution in [1.82, 2.24) is 9.97 Å². The maximum absolute atomic E-state index is 5.79. The predicted molar refractivity (Wildman–Crippen MR) is 86.2 cm³/mol. The highest BCUT2D eigenvalue weighted by atomic mass is 16.7. The molecule has 2 aliphatic rings. The lowest BCUT2D eigenvalue weighted by atomic mass is 10.0. The number of hydrogen-bond donors (Lipinski definition) is 1. The molecule has 0 amide bonds. The molecule has 3 heterocycles. The highest BCUT2D eigenvalue weighted by Gasteiger charge is 2.40. The zero-order valence-corrected chi connectivity index (χ0v) is 13.8. The SMILES string of the molecule is CCC(C)Nc1nc(C)cc(N2CCC3(CC2)OCCO3)n1. The van der Waals surface area contributed by atoms with Crippen molar-refractivity contribution in [3.8, 4) is 0 Å². The van der Waals surface area contributed by atoms with Gasteiger partial charge in [0.15, 0.2) is 5.79 Å². The lowest BCUT2D eigenvalue weighted by Gasteiger charge is -2.38. The molecular weight excluding hydrogens is 280 g/mol. The smallest absolute Gasteiger partial charge is 0.225 e. The van der Waals surface area contributed by atoms with Gasteiger partial charge in [-0.3, -0.25) is 0 Å². The van der Waals surface area contributed by atoms with E-state index in [9.17, 15) is 0 Å². The molecule has 1 unspecified atom stereocenters. The van der Waals surface area contributed by atoms with E-state index in [0.29, 0.717) is 6.04 Å². The monoisotopic (exact) mass is 306 g/mol. The van der Waals surface area contributed by atoms with Gasteiger partial charge >= 0.3 is 0 Å². The maximum Gasteiger partial charge on any atom is 0.225 e. The van der Waals surface area contributed by atoms with Gasteiger partial charge < -0.3 is 19.7 Å². The summed E-state index contributed by atoms with van der Waals surface area (Å²) in [5, 5.41) is 3.36. The molecule has 1 spiro atoms. The minimum Gasteiger partial charge on any atom is -0.356 e. The normalized spacial score (nSPS) is 22.0. The van der Waals surface area contributed by atoms with Crippen LogP contribution in [0.2, 0.25) is 0 Å². The Kier molecular flexibility index (Phi) is 4.49. The summed E-state index contributed by atoms with van der Waals surface area (Å²) in [5.41, 5.74) is 0.990. The Labute approximate surface area is 132 Å². The zero-order chi connectivity index (χ0) is 15.6. The number of rotatable bonds is 4. The zero-order valence-electron chi connectivity index (χ0n) is 13.8. The van der Waals surface area contributed by atoms with Crippen molar-refractivity contribution < 1.29 is 9.47 Å². The molecule has 1 N–H and O–H groups in total. The first-order chi connectivity index (χ1) is 10.6. The molecule has 1 aromatic heterocycles. The fraction of sp³-hybridized carbons (Fsp3) is 0.750. The van der Waals surface area contributed by atoms with Gasteiger partial charge in [-0.15, -0.1) is 0 Å². The van der Waals surface area contributed by atoms with Gasteiger partial charge in [0.2, 0.25) is 5.95 Å². The van der Waals surface area contributed by atoms with Crippen molar-refractivity contribution in [3.05, 3.63) is 11.8 Å². The fourth-order valence-corrected chi connectivity index (χ4v) is 2.96. The van der Waals surface area contributed by atoms with Crippen LogP contribution in [0.1, 0.15) is 38.8 Å². The molecule has 0 aromatic carbocycles. The van der Waals surface area contributed by atoms with Crippen LogP contribution in [0, 0.1) is 6.92 Å². The number of aryl methyl sites for hydroxylation is 1. The third-order valence-corrected chi connectivity index (χ3v) is 4.49. The number of aromatic nitrogens is 2. The molecule has 1 atom stereocenters. The highest BCUT2D eigenvalue weighted by molar-refractivity contribution is 5.45. The summed E-state index contributed by atoms with van der Waals surface area (Å²) in [4.78, 5) is 11.5. The molecule has 1 aromatic rings. The molecule has 2 saturated heterocycles. The lowest BCUT2D eigenvalue weighted by Crippen LogP contribution is -2.45. The Morgan fingerprint density at radius 2 is 1.95 bits per heavy atom. The minimum atomic E-state index is -0.337. The van der Waals surface area contributed by atoms with Gasteiger partial charge in [0.1, 0.15) is 5.82 Å². The topological polar surface area (TPSA) is 59.5 Å². The molecule has 0 radical (unpaired) electrons. The molecule has 122 valence electrons. The van der Waals surface area contributed by atoms with E-state index in [1.165, 1.54) is 0 Å². The number of nitrogens with one attached hydrogen (secondary N) is 1. The van der Waals surface area contributed by atoms with E-state index >= 15 is 0 Å². The summed E-state index contributed by atoms with van der Waals surface area (Å²) in [7, 11) is 0. The number of anilines is 2. The van der Waals surface area contributed by atoms with Crippen molar-refractivity contribution in [2.24, 2.45) is 0 Å². The number of piperidine rings is 1. The second kappa shape index (κ2) is 6.38. The van der Waals surface area contributed by atoms with Crippen LogP contribution in [0.25, 0.3) is 0 Å². The van der Waals surface area contributed by atoms with Gasteiger partial charge in [-0.25, -0.2) is 4.98 Å². The Bertz CT molecular complexity index is 507. The Morgan fingerprint density at radius 3 is 2.59 bits per heavy atom. The van der Waals surface area contributed by atoms with Crippen molar-refractivity contribution in [2.45, 2.75) is 51.9 Å². The van der Waals surface area contributed by atoms with E-state index in [2.05, 4.69) is 40.1 Å². The van der Waals surface area contributed by atoms with Gasteiger partial charge in [-0.2, -0.15) is 4.98 Å². The minimum absolute atomic E-state index is 0.337. The first-order valence-corrected chi connectivity index (χ1v) is 8.25. The molecular formula is C16H26N4O2. The standard InChI is InChI=1S/C16H26N4O2/c1-4-12(2)17-15-18-13(3)11-14(19-15)20-7-5-16(6-8-20)21-9-10-22-16/h11-12H,4-10H2,1-3H3,(H,17,18,19). The van der Waals surface area contributed by atoms with Crippen LogP contribution in [-0.2, 0) is 9.47 Å². The van der Waals surface area contributed by atoms with Crippen LogP contribution in [0.15, 0.2) is 6.07 Å². The van der Waals surface area contributed by atoms with E-state index in [0.717, 1.165) is 63.0 Å². The fourth-order valence-electron chi connectivity index (χ4n) is 2.96. The first-order valence-electron chi connectivity index (χ1n) is 8.25. The quantitative estimate of drug-likeness (QED) is 0.921. The van der Waals surface area contributed by atoms with Crippen LogP contribution in [0.4, 0.5) is 11.8 Å². The van der Waals surface area contributed by atoms with Gasteiger partial charge in [-0.1, -0.05) is 6.92 Å². The molecule has 3 rings (SSSR count). The van der Waals surface area contributed by atoms with E-state index in [4.69, 9.17) is 9.47 Å². The third-order valence-electron chi connectivity index (χ3n) is 4.49. The molecule has 0 bridgehead atoms. The number of nitrogens with zero attached hydrogens (tertiary/aromatic N) is 3. The molecule has 6 nitrogen and oxygen atoms in total. The van der Waals surface area contributed by atoms with E-state index in [1.54, 1.807) is 0 Å². The Hall–Kier alpha value is -1.40. The van der Waals surface area contributed by atoms with Crippen molar-refractivity contribution in [3.63, 3.8) is 0 Å². The van der Waals surface area contributed by atoms with Crippen LogP contribution in [0.3, 0.4) is 0 Å². The molecule has 0 aliphatic carbocycles. The molecule has 6 heteroatoms. The van der Waals surface area contributed by atoms with Gasteiger partial charge in [-0.05, 0) is 20.3 Å². The summed E-state index contributed by atoms with van der Waals surface area (Å²) >= 11 is 0. The second-order valence-electron chi connectivity index (χ2n) is 6.24.